The summed E-state index contributed by atoms with van der Waals surface area (Å²) in [5.74, 6) is -0.494. The van der Waals surface area contributed by atoms with E-state index in [9.17, 15) is 9.59 Å². The third kappa shape index (κ3) is 4.52. The van der Waals surface area contributed by atoms with Gasteiger partial charge in [-0.25, -0.2) is 14.8 Å². The summed E-state index contributed by atoms with van der Waals surface area (Å²) in [4.78, 5) is 32.3. The Morgan fingerprint density at radius 3 is 2.67 bits per heavy atom. The molecule has 0 atom stereocenters. The fourth-order valence-corrected chi connectivity index (χ4v) is 1.98. The Morgan fingerprint density at radius 1 is 1.21 bits per heavy atom. The highest BCUT2D eigenvalue weighted by molar-refractivity contribution is 5.96. The predicted octanol–water partition coefficient (Wildman–Crippen LogP) is 2.54. The van der Waals surface area contributed by atoms with Crippen molar-refractivity contribution in [2.45, 2.75) is 26.8 Å². The Bertz CT molecular complexity index is 731. The second-order valence-corrected chi connectivity index (χ2v) is 5.28. The number of nitrogens with zero attached hydrogens (tertiary/aromatic N) is 2. The van der Waals surface area contributed by atoms with Gasteiger partial charge >= 0.3 is 5.97 Å². The minimum Gasteiger partial charge on any atom is -0.462 e. The lowest BCUT2D eigenvalue weighted by molar-refractivity contribution is 0.0527. The Morgan fingerprint density at radius 2 is 1.96 bits per heavy atom. The maximum Gasteiger partial charge on any atom is 0.340 e. The number of para-hydroxylation sites is 1. The van der Waals surface area contributed by atoms with E-state index < -0.39 is 5.97 Å². The van der Waals surface area contributed by atoms with E-state index in [1.165, 1.54) is 12.3 Å². The molecule has 7 heteroatoms. The lowest BCUT2D eigenvalue weighted by atomic mass is 10.2. The molecule has 0 radical (unpaired) electrons. The zero-order valence-corrected chi connectivity index (χ0v) is 13.9. The standard InChI is InChI=1S/C17H20N4O3/c1-4-24-16(23)12-7-5-6-8-13(12)20-17-18-10-9-14(21-17)15(22)19-11(2)3/h5-11H,4H2,1-3H3,(H,19,22)(H,18,20,21). The molecule has 0 bridgehead atoms. The van der Waals surface area contributed by atoms with E-state index in [1.807, 2.05) is 13.8 Å². The van der Waals surface area contributed by atoms with Gasteiger partial charge in [0, 0.05) is 12.2 Å². The van der Waals surface area contributed by atoms with Gasteiger partial charge in [0.2, 0.25) is 5.95 Å². The normalized spacial score (nSPS) is 10.3. The minimum absolute atomic E-state index is 0.00779. The van der Waals surface area contributed by atoms with E-state index >= 15 is 0 Å². The van der Waals surface area contributed by atoms with E-state index in [4.69, 9.17) is 4.74 Å². The maximum atomic E-state index is 12.0. The van der Waals surface area contributed by atoms with Gasteiger partial charge in [-0.1, -0.05) is 12.1 Å². The molecule has 7 nitrogen and oxygen atoms in total. The Hall–Kier alpha value is -2.96. The summed E-state index contributed by atoms with van der Waals surface area (Å²) in [7, 11) is 0. The SMILES string of the molecule is CCOC(=O)c1ccccc1Nc1nccc(C(=O)NC(C)C)n1. The van der Waals surface area contributed by atoms with Crippen LogP contribution in [0.3, 0.4) is 0 Å². The number of amides is 1. The summed E-state index contributed by atoms with van der Waals surface area (Å²) >= 11 is 0. The van der Waals surface area contributed by atoms with Gasteiger partial charge in [0.15, 0.2) is 0 Å². The van der Waals surface area contributed by atoms with Gasteiger partial charge in [0.05, 0.1) is 17.9 Å². The highest BCUT2D eigenvalue weighted by Gasteiger charge is 2.14. The van der Waals surface area contributed by atoms with Crippen molar-refractivity contribution in [3.8, 4) is 0 Å². The first-order chi connectivity index (χ1) is 11.5. The zero-order chi connectivity index (χ0) is 17.5. The monoisotopic (exact) mass is 328 g/mol. The third-order valence-electron chi connectivity index (χ3n) is 2.98. The van der Waals surface area contributed by atoms with Crippen LogP contribution in [-0.2, 0) is 4.74 Å². The van der Waals surface area contributed by atoms with Crippen LogP contribution in [0.15, 0.2) is 36.5 Å². The summed E-state index contributed by atoms with van der Waals surface area (Å²) in [5, 5.41) is 5.72. The highest BCUT2D eigenvalue weighted by atomic mass is 16.5. The smallest absolute Gasteiger partial charge is 0.340 e. The molecule has 2 N–H and O–H groups in total. The number of rotatable bonds is 6. The largest absolute Gasteiger partial charge is 0.462 e. The molecule has 0 saturated carbocycles. The molecule has 0 unspecified atom stereocenters. The highest BCUT2D eigenvalue weighted by Crippen LogP contribution is 2.19. The molecule has 2 rings (SSSR count). The van der Waals surface area contributed by atoms with E-state index in [1.54, 1.807) is 31.2 Å². The van der Waals surface area contributed by atoms with Gasteiger partial charge in [-0.15, -0.1) is 0 Å². The van der Waals surface area contributed by atoms with Crippen LogP contribution >= 0.6 is 0 Å². The number of aromatic nitrogens is 2. The average Bonchev–Trinajstić information content (AvgIpc) is 2.55. The zero-order valence-electron chi connectivity index (χ0n) is 13.9. The average molecular weight is 328 g/mol. The molecule has 0 spiro atoms. The third-order valence-corrected chi connectivity index (χ3v) is 2.98. The summed E-state index contributed by atoms with van der Waals surface area (Å²) in [5.41, 5.74) is 1.13. The van der Waals surface area contributed by atoms with Crippen LogP contribution in [-0.4, -0.2) is 34.5 Å². The molecule has 126 valence electrons. The lowest BCUT2D eigenvalue weighted by Crippen LogP contribution is -2.30. The van der Waals surface area contributed by atoms with E-state index in [2.05, 4.69) is 20.6 Å². The molecule has 0 aliphatic carbocycles. The number of nitrogens with one attached hydrogen (secondary N) is 2. The molecule has 2 aromatic rings. The Labute approximate surface area is 140 Å². The van der Waals surface area contributed by atoms with Crippen LogP contribution in [0.5, 0.6) is 0 Å². The van der Waals surface area contributed by atoms with Crippen LogP contribution in [0.25, 0.3) is 0 Å². The number of esters is 1. The second-order valence-electron chi connectivity index (χ2n) is 5.28. The molecule has 1 aromatic carbocycles. The molecule has 24 heavy (non-hydrogen) atoms. The van der Waals surface area contributed by atoms with Gasteiger partial charge in [0.25, 0.3) is 5.91 Å². The fraction of sp³-hybridized carbons (Fsp3) is 0.294. The van der Waals surface area contributed by atoms with Crippen LogP contribution in [0.2, 0.25) is 0 Å². The van der Waals surface area contributed by atoms with Gasteiger partial charge in [-0.2, -0.15) is 0 Å². The Kier molecular flexibility index (Phi) is 5.83. The van der Waals surface area contributed by atoms with Crippen molar-refractivity contribution in [3.63, 3.8) is 0 Å². The van der Waals surface area contributed by atoms with E-state index in [0.717, 1.165) is 0 Å². The predicted molar refractivity (Wildman–Crippen MR) is 90.3 cm³/mol. The number of hydrogen-bond acceptors (Lipinski definition) is 6. The number of benzene rings is 1. The summed E-state index contributed by atoms with van der Waals surface area (Å²) in [6.45, 7) is 5.77. The van der Waals surface area contributed by atoms with Gasteiger partial charge in [-0.3, -0.25) is 4.79 Å². The van der Waals surface area contributed by atoms with Crippen molar-refractivity contribution in [1.29, 1.82) is 0 Å². The van der Waals surface area contributed by atoms with Crippen LogP contribution in [0, 0.1) is 0 Å². The van der Waals surface area contributed by atoms with E-state index in [0.29, 0.717) is 11.3 Å². The van der Waals surface area contributed by atoms with Crippen LogP contribution in [0.1, 0.15) is 41.6 Å². The first-order valence-electron chi connectivity index (χ1n) is 7.68. The van der Waals surface area contributed by atoms with Gasteiger partial charge in [0.1, 0.15) is 5.69 Å². The lowest BCUT2D eigenvalue weighted by Gasteiger charge is -2.11. The molecule has 1 heterocycles. The fourth-order valence-electron chi connectivity index (χ4n) is 1.98. The van der Waals surface area contributed by atoms with Gasteiger partial charge in [-0.05, 0) is 39.0 Å². The molecule has 1 amide bonds. The van der Waals surface area contributed by atoms with Crippen molar-refractivity contribution >= 4 is 23.5 Å². The van der Waals surface area contributed by atoms with Crippen molar-refractivity contribution in [1.82, 2.24) is 15.3 Å². The molecule has 0 fully saturated rings. The molecule has 0 saturated heterocycles. The summed E-state index contributed by atoms with van der Waals surface area (Å²) < 4.78 is 5.03. The first kappa shape index (κ1) is 17.4. The van der Waals surface area contributed by atoms with Gasteiger partial charge < -0.3 is 15.4 Å². The number of hydrogen-bond donors (Lipinski definition) is 2. The minimum atomic E-state index is -0.436. The molecule has 0 aliphatic rings. The van der Waals surface area contributed by atoms with E-state index in [-0.39, 0.29) is 30.2 Å². The van der Waals surface area contributed by atoms with Crippen molar-refractivity contribution in [2.24, 2.45) is 0 Å². The second kappa shape index (κ2) is 8.05. The number of carbonyl (C=O) groups is 2. The van der Waals surface area contributed by atoms with Crippen molar-refractivity contribution in [3.05, 3.63) is 47.8 Å². The Balaban J connectivity index is 2.23. The van der Waals surface area contributed by atoms with Crippen LogP contribution < -0.4 is 10.6 Å². The number of anilines is 2. The number of ether oxygens (including phenoxy) is 1. The molecular weight excluding hydrogens is 308 g/mol. The molecule has 0 aliphatic heterocycles. The quantitative estimate of drug-likeness (QED) is 0.792. The first-order valence-corrected chi connectivity index (χ1v) is 7.68. The van der Waals surface area contributed by atoms with Crippen LogP contribution in [0.4, 0.5) is 11.6 Å². The van der Waals surface area contributed by atoms with Crippen molar-refractivity contribution in [2.75, 3.05) is 11.9 Å². The molecular formula is C17H20N4O3. The molecule has 1 aromatic heterocycles. The van der Waals surface area contributed by atoms with Crippen molar-refractivity contribution < 1.29 is 14.3 Å². The topological polar surface area (TPSA) is 93.2 Å². The maximum absolute atomic E-state index is 12.0. The summed E-state index contributed by atoms with van der Waals surface area (Å²) in [6, 6.07) is 8.42. The summed E-state index contributed by atoms with van der Waals surface area (Å²) in [6.07, 6.45) is 1.48. The number of carbonyl (C=O) groups excluding carboxylic acids is 2.